The predicted octanol–water partition coefficient (Wildman–Crippen LogP) is 3.97. The van der Waals surface area contributed by atoms with Gasteiger partial charge in [-0.2, -0.15) is 13.2 Å². The fourth-order valence-electron chi connectivity index (χ4n) is 2.10. The molecule has 0 aliphatic rings. The van der Waals surface area contributed by atoms with Crippen LogP contribution in [0.25, 0.3) is 0 Å². The first kappa shape index (κ1) is 21.8. The summed E-state index contributed by atoms with van der Waals surface area (Å²) < 4.78 is 42.7. The highest BCUT2D eigenvalue weighted by Gasteiger charge is 2.30. The number of alkyl halides is 3. The van der Waals surface area contributed by atoms with Crippen molar-refractivity contribution in [1.82, 2.24) is 10.2 Å². The topological polar surface area (TPSA) is 58.6 Å². The Morgan fingerprint density at radius 3 is 2.19 bits per heavy atom. The number of rotatable bonds is 6. The van der Waals surface area contributed by atoms with Crippen LogP contribution in [0, 0.1) is 0 Å². The summed E-state index contributed by atoms with van der Waals surface area (Å²) in [4.78, 5) is 25.0. The van der Waals surface area contributed by atoms with Gasteiger partial charge in [-0.1, -0.05) is 12.1 Å². The van der Waals surface area contributed by atoms with E-state index in [1.807, 2.05) is 0 Å². The molecule has 0 unspecified atom stereocenters. The minimum atomic E-state index is -4.37. The van der Waals surface area contributed by atoms with Gasteiger partial charge < -0.3 is 15.0 Å². The lowest BCUT2D eigenvalue weighted by Gasteiger charge is -2.20. The van der Waals surface area contributed by atoms with Gasteiger partial charge in [0.2, 0.25) is 5.91 Å². The first-order valence-electron chi connectivity index (χ1n) is 8.25. The molecule has 1 aromatic carbocycles. The van der Waals surface area contributed by atoms with Crippen molar-refractivity contribution in [3.8, 4) is 0 Å². The Bertz CT molecular complexity index is 608. The molecule has 0 saturated carbocycles. The van der Waals surface area contributed by atoms with Gasteiger partial charge >= 0.3 is 12.3 Å². The summed E-state index contributed by atoms with van der Waals surface area (Å²) >= 11 is 0. The molecule has 8 heteroatoms. The van der Waals surface area contributed by atoms with E-state index in [-0.39, 0.29) is 18.9 Å². The van der Waals surface area contributed by atoms with Crippen LogP contribution in [-0.4, -0.2) is 36.1 Å². The highest BCUT2D eigenvalue weighted by Crippen LogP contribution is 2.29. The molecule has 0 atom stereocenters. The number of alkyl carbamates (subject to hydrolysis) is 1. The average Bonchev–Trinajstić information content (AvgIpc) is 2.49. The minimum absolute atomic E-state index is 0.157. The fraction of sp³-hybridized carbons (Fsp3) is 0.556. The van der Waals surface area contributed by atoms with Crippen molar-refractivity contribution in [3.63, 3.8) is 0 Å². The van der Waals surface area contributed by atoms with E-state index in [2.05, 4.69) is 5.32 Å². The number of nitrogens with zero attached hydrogens (tertiary/aromatic N) is 1. The van der Waals surface area contributed by atoms with E-state index in [4.69, 9.17) is 4.74 Å². The molecule has 2 amide bonds. The first-order valence-corrected chi connectivity index (χ1v) is 8.25. The second kappa shape index (κ2) is 8.91. The molecule has 0 saturated heterocycles. The SMILES string of the molecule is CN(Cc1ccc(C(F)(F)F)cc1)C(=O)CCCNC(=O)OC(C)(C)C. The predicted molar refractivity (Wildman–Crippen MR) is 91.4 cm³/mol. The van der Waals surface area contributed by atoms with Crippen molar-refractivity contribution in [3.05, 3.63) is 35.4 Å². The molecular formula is C18H25F3N2O3. The molecule has 1 aromatic rings. The van der Waals surface area contributed by atoms with Gasteiger partial charge in [0.15, 0.2) is 0 Å². The van der Waals surface area contributed by atoms with Crippen LogP contribution >= 0.6 is 0 Å². The maximum Gasteiger partial charge on any atom is 0.416 e. The lowest BCUT2D eigenvalue weighted by Crippen LogP contribution is -2.33. The number of hydrogen-bond donors (Lipinski definition) is 1. The molecule has 0 aliphatic carbocycles. The minimum Gasteiger partial charge on any atom is -0.444 e. The number of nitrogens with one attached hydrogen (secondary N) is 1. The van der Waals surface area contributed by atoms with E-state index in [1.165, 1.54) is 17.0 Å². The average molecular weight is 374 g/mol. The highest BCUT2D eigenvalue weighted by atomic mass is 19.4. The van der Waals surface area contributed by atoms with Crippen molar-refractivity contribution in [2.24, 2.45) is 0 Å². The Balaban J connectivity index is 2.36. The molecule has 0 spiro atoms. The van der Waals surface area contributed by atoms with Crippen LogP contribution in [-0.2, 0) is 22.3 Å². The largest absolute Gasteiger partial charge is 0.444 e. The molecule has 0 radical (unpaired) electrons. The zero-order valence-electron chi connectivity index (χ0n) is 15.4. The van der Waals surface area contributed by atoms with Crippen LogP contribution in [0.5, 0.6) is 0 Å². The molecule has 1 N–H and O–H groups in total. The zero-order chi connectivity index (χ0) is 20.0. The molecule has 1 rings (SSSR count). The molecular weight excluding hydrogens is 349 g/mol. The van der Waals surface area contributed by atoms with E-state index in [0.717, 1.165) is 12.1 Å². The van der Waals surface area contributed by atoms with Crippen molar-refractivity contribution >= 4 is 12.0 Å². The highest BCUT2D eigenvalue weighted by molar-refractivity contribution is 5.76. The van der Waals surface area contributed by atoms with Gasteiger partial charge in [-0.05, 0) is 44.9 Å². The van der Waals surface area contributed by atoms with Gasteiger partial charge in [-0.3, -0.25) is 4.79 Å². The van der Waals surface area contributed by atoms with Crippen molar-refractivity contribution in [2.75, 3.05) is 13.6 Å². The lowest BCUT2D eigenvalue weighted by atomic mass is 10.1. The molecule has 5 nitrogen and oxygen atoms in total. The number of amides is 2. The Hall–Kier alpha value is -2.25. The number of benzene rings is 1. The summed E-state index contributed by atoms with van der Waals surface area (Å²) in [6.45, 7) is 5.79. The van der Waals surface area contributed by atoms with E-state index in [9.17, 15) is 22.8 Å². The molecule has 0 fully saturated rings. The fourth-order valence-corrected chi connectivity index (χ4v) is 2.10. The summed E-state index contributed by atoms with van der Waals surface area (Å²) in [6.07, 6.45) is -4.26. The number of hydrogen-bond acceptors (Lipinski definition) is 3. The van der Waals surface area contributed by atoms with E-state index in [1.54, 1.807) is 27.8 Å². The maximum absolute atomic E-state index is 12.5. The number of halogens is 3. The van der Waals surface area contributed by atoms with Crippen molar-refractivity contribution < 1.29 is 27.5 Å². The number of carbonyl (C=O) groups excluding carboxylic acids is 2. The lowest BCUT2D eigenvalue weighted by molar-refractivity contribution is -0.137. The summed E-state index contributed by atoms with van der Waals surface area (Å²) in [5.41, 5.74) is -0.689. The third kappa shape index (κ3) is 8.22. The summed E-state index contributed by atoms with van der Waals surface area (Å²) in [7, 11) is 1.58. The van der Waals surface area contributed by atoms with E-state index >= 15 is 0 Å². The van der Waals surface area contributed by atoms with Gasteiger partial charge in [-0.15, -0.1) is 0 Å². The molecule has 26 heavy (non-hydrogen) atoms. The quantitative estimate of drug-likeness (QED) is 0.767. The number of ether oxygens (including phenoxy) is 1. The van der Waals surface area contributed by atoms with Crippen LogP contribution in [0.2, 0.25) is 0 Å². The normalized spacial score (nSPS) is 11.8. The smallest absolute Gasteiger partial charge is 0.416 e. The zero-order valence-corrected chi connectivity index (χ0v) is 15.4. The van der Waals surface area contributed by atoms with Crippen LogP contribution in [0.1, 0.15) is 44.7 Å². The Kier molecular flexibility index (Phi) is 7.47. The molecule has 0 heterocycles. The van der Waals surface area contributed by atoms with Gasteiger partial charge in [0.05, 0.1) is 5.56 Å². The van der Waals surface area contributed by atoms with Gasteiger partial charge in [0.25, 0.3) is 0 Å². The number of carbonyl (C=O) groups is 2. The van der Waals surface area contributed by atoms with E-state index in [0.29, 0.717) is 18.5 Å². The van der Waals surface area contributed by atoms with E-state index < -0.39 is 23.4 Å². The molecule has 0 aromatic heterocycles. The van der Waals surface area contributed by atoms with Crippen LogP contribution in [0.4, 0.5) is 18.0 Å². The van der Waals surface area contributed by atoms with Gasteiger partial charge in [0, 0.05) is 26.6 Å². The van der Waals surface area contributed by atoms with Crippen LogP contribution < -0.4 is 5.32 Å². The summed E-state index contributed by atoms with van der Waals surface area (Å²) in [5.74, 6) is -0.157. The van der Waals surface area contributed by atoms with Crippen LogP contribution in [0.3, 0.4) is 0 Å². The van der Waals surface area contributed by atoms with Crippen LogP contribution in [0.15, 0.2) is 24.3 Å². The second-order valence-electron chi connectivity index (χ2n) is 6.98. The standard InChI is InChI=1S/C18H25F3N2O3/c1-17(2,3)26-16(25)22-11-5-6-15(24)23(4)12-13-7-9-14(10-8-13)18(19,20)21/h7-10H,5-6,11-12H2,1-4H3,(H,22,25). The Morgan fingerprint density at radius 2 is 1.69 bits per heavy atom. The van der Waals surface area contributed by atoms with Gasteiger partial charge in [-0.25, -0.2) is 4.79 Å². The van der Waals surface area contributed by atoms with Gasteiger partial charge in [0.1, 0.15) is 5.60 Å². The molecule has 0 aliphatic heterocycles. The Labute approximate surface area is 151 Å². The first-order chi connectivity index (χ1) is 11.9. The summed E-state index contributed by atoms with van der Waals surface area (Å²) in [5, 5.41) is 2.57. The maximum atomic E-state index is 12.5. The Morgan fingerprint density at radius 1 is 1.12 bits per heavy atom. The molecule has 0 bridgehead atoms. The monoisotopic (exact) mass is 374 g/mol. The molecule has 146 valence electrons. The third-order valence-corrected chi connectivity index (χ3v) is 3.36. The van der Waals surface area contributed by atoms with Crippen molar-refractivity contribution in [2.45, 2.75) is 51.9 Å². The third-order valence-electron chi connectivity index (χ3n) is 3.36. The second-order valence-corrected chi connectivity index (χ2v) is 6.98. The summed E-state index contributed by atoms with van der Waals surface area (Å²) in [6, 6.07) is 4.71. The van der Waals surface area contributed by atoms with Crippen molar-refractivity contribution in [1.29, 1.82) is 0 Å².